The molecule has 0 fully saturated rings. The highest BCUT2D eigenvalue weighted by Gasteiger charge is 2.16. The number of hydrogen-bond acceptors (Lipinski definition) is 2. The van der Waals surface area contributed by atoms with Gasteiger partial charge in [-0.2, -0.15) is 0 Å². The molecule has 1 heterocycles. The molecule has 0 aliphatic rings. The van der Waals surface area contributed by atoms with Crippen LogP contribution in [-0.4, -0.2) is 41.0 Å². The highest BCUT2D eigenvalue weighted by Crippen LogP contribution is 2.23. The Bertz CT molecular complexity index is 565. The first-order valence-corrected chi connectivity index (χ1v) is 6.93. The van der Waals surface area contributed by atoms with Gasteiger partial charge in [-0.3, -0.25) is 0 Å². The molecule has 104 valence electrons. The van der Waals surface area contributed by atoms with Crippen molar-refractivity contribution in [2.24, 2.45) is 0 Å². The normalized spacial score (nSPS) is 13.4. The van der Waals surface area contributed by atoms with E-state index in [-0.39, 0.29) is 11.9 Å². The molecule has 0 amide bonds. The van der Waals surface area contributed by atoms with Crippen LogP contribution in [0.2, 0.25) is 0 Å². The zero-order valence-corrected chi connectivity index (χ0v) is 12.3. The summed E-state index contributed by atoms with van der Waals surface area (Å²) in [5, 5.41) is 0. The Balaban J connectivity index is 2.51. The Hall–Kier alpha value is -1.13. The Morgan fingerprint density at radius 2 is 2.16 bits per heavy atom. The fraction of sp³-hybridized carbons (Fsp3) is 0.500. The molecule has 0 bridgehead atoms. The minimum atomic E-state index is -0.255. The van der Waals surface area contributed by atoms with E-state index in [9.17, 15) is 4.39 Å². The largest absolute Gasteiger partial charge is 0.324 e. The maximum atomic E-state index is 13.3. The third-order valence-electron chi connectivity index (χ3n) is 3.11. The Kier molecular flexibility index (Phi) is 4.42. The first-order valence-electron chi connectivity index (χ1n) is 6.40. The van der Waals surface area contributed by atoms with Crippen LogP contribution in [0.1, 0.15) is 18.8 Å². The number of rotatable bonds is 5. The SMILES string of the molecule is CC(CN(C)C)n1c(CCCl)nc2cc(F)ccc21. The zero-order valence-electron chi connectivity index (χ0n) is 11.5. The molecular formula is C14H19ClFN3. The van der Waals surface area contributed by atoms with Crippen LogP contribution >= 0.6 is 11.6 Å². The first kappa shape index (κ1) is 14.3. The predicted molar refractivity (Wildman–Crippen MR) is 77.4 cm³/mol. The number of fused-ring (bicyclic) bond motifs is 1. The zero-order chi connectivity index (χ0) is 14.0. The number of hydrogen-bond donors (Lipinski definition) is 0. The molecule has 0 N–H and O–H groups in total. The average molecular weight is 284 g/mol. The van der Waals surface area contributed by atoms with Crippen molar-refractivity contribution < 1.29 is 4.39 Å². The fourth-order valence-electron chi connectivity index (χ4n) is 2.48. The number of likely N-dealkylation sites (N-methyl/N-ethyl adjacent to an activating group) is 1. The quantitative estimate of drug-likeness (QED) is 0.787. The van der Waals surface area contributed by atoms with Gasteiger partial charge in [-0.05, 0) is 33.2 Å². The van der Waals surface area contributed by atoms with E-state index in [0.29, 0.717) is 17.8 Å². The molecule has 0 aliphatic heterocycles. The number of imidazole rings is 1. The van der Waals surface area contributed by atoms with Gasteiger partial charge >= 0.3 is 0 Å². The summed E-state index contributed by atoms with van der Waals surface area (Å²) in [4.78, 5) is 6.64. The minimum absolute atomic E-state index is 0.255. The van der Waals surface area contributed by atoms with Gasteiger partial charge < -0.3 is 9.47 Å². The third kappa shape index (κ3) is 3.07. The topological polar surface area (TPSA) is 21.1 Å². The lowest BCUT2D eigenvalue weighted by molar-refractivity contribution is 0.337. The van der Waals surface area contributed by atoms with E-state index in [2.05, 4.69) is 21.4 Å². The molecule has 5 heteroatoms. The lowest BCUT2D eigenvalue weighted by atomic mass is 10.2. The van der Waals surface area contributed by atoms with Gasteiger partial charge in [0.2, 0.25) is 0 Å². The van der Waals surface area contributed by atoms with Crippen LogP contribution in [0.15, 0.2) is 18.2 Å². The third-order valence-corrected chi connectivity index (χ3v) is 3.30. The fourth-order valence-corrected chi connectivity index (χ4v) is 2.65. The second-order valence-corrected chi connectivity index (χ2v) is 5.46. The lowest BCUT2D eigenvalue weighted by Gasteiger charge is -2.21. The number of halogens is 2. The highest BCUT2D eigenvalue weighted by molar-refractivity contribution is 6.17. The summed E-state index contributed by atoms with van der Waals surface area (Å²) in [6.07, 6.45) is 0.690. The maximum Gasteiger partial charge on any atom is 0.125 e. The number of nitrogens with zero attached hydrogens (tertiary/aromatic N) is 3. The maximum absolute atomic E-state index is 13.3. The van der Waals surface area contributed by atoms with Crippen molar-refractivity contribution in [3.8, 4) is 0 Å². The Morgan fingerprint density at radius 3 is 2.79 bits per heavy atom. The van der Waals surface area contributed by atoms with Crippen LogP contribution in [0.5, 0.6) is 0 Å². The van der Waals surface area contributed by atoms with Crippen LogP contribution in [0.4, 0.5) is 4.39 Å². The summed E-state index contributed by atoms with van der Waals surface area (Å²) in [6, 6.07) is 5.02. The summed E-state index contributed by atoms with van der Waals surface area (Å²) in [7, 11) is 4.08. The molecule has 0 saturated heterocycles. The van der Waals surface area contributed by atoms with Gasteiger partial charge in [-0.1, -0.05) is 0 Å². The van der Waals surface area contributed by atoms with E-state index in [1.54, 1.807) is 6.07 Å². The highest BCUT2D eigenvalue weighted by atomic mass is 35.5. The molecule has 0 radical (unpaired) electrons. The van der Waals surface area contributed by atoms with Crippen molar-refractivity contribution in [3.05, 3.63) is 29.8 Å². The van der Waals surface area contributed by atoms with E-state index in [1.165, 1.54) is 12.1 Å². The Morgan fingerprint density at radius 1 is 1.42 bits per heavy atom. The van der Waals surface area contributed by atoms with Crippen molar-refractivity contribution >= 4 is 22.6 Å². The van der Waals surface area contributed by atoms with E-state index in [1.807, 2.05) is 14.1 Å². The van der Waals surface area contributed by atoms with Crippen molar-refractivity contribution in [1.82, 2.24) is 14.5 Å². The van der Waals surface area contributed by atoms with Crippen LogP contribution in [0.25, 0.3) is 11.0 Å². The average Bonchev–Trinajstić information content (AvgIpc) is 2.65. The molecule has 3 nitrogen and oxygen atoms in total. The van der Waals surface area contributed by atoms with Crippen LogP contribution < -0.4 is 0 Å². The molecule has 0 saturated carbocycles. The van der Waals surface area contributed by atoms with Gasteiger partial charge in [0.1, 0.15) is 11.6 Å². The van der Waals surface area contributed by atoms with Crippen molar-refractivity contribution in [2.45, 2.75) is 19.4 Å². The molecule has 1 unspecified atom stereocenters. The second-order valence-electron chi connectivity index (χ2n) is 5.08. The van der Waals surface area contributed by atoms with Gasteiger partial charge in [0, 0.05) is 31.0 Å². The first-order chi connectivity index (χ1) is 9.02. The van der Waals surface area contributed by atoms with E-state index >= 15 is 0 Å². The molecule has 2 aromatic rings. The molecule has 0 aliphatic carbocycles. The molecule has 2 rings (SSSR count). The molecule has 1 atom stereocenters. The molecule has 19 heavy (non-hydrogen) atoms. The van der Waals surface area contributed by atoms with Gasteiger partial charge in [0.15, 0.2) is 0 Å². The standard InChI is InChI=1S/C14H19ClFN3/c1-10(9-18(2)3)19-13-5-4-11(16)8-12(13)17-14(19)6-7-15/h4-5,8,10H,6-7,9H2,1-3H3. The van der Waals surface area contributed by atoms with Crippen LogP contribution in [0.3, 0.4) is 0 Å². The van der Waals surface area contributed by atoms with Gasteiger partial charge in [0.05, 0.1) is 11.0 Å². The monoisotopic (exact) mass is 283 g/mol. The van der Waals surface area contributed by atoms with Crippen LogP contribution in [-0.2, 0) is 6.42 Å². The van der Waals surface area contributed by atoms with E-state index in [4.69, 9.17) is 11.6 Å². The molecule has 1 aromatic carbocycles. The summed E-state index contributed by atoms with van der Waals surface area (Å²) in [6.45, 7) is 3.04. The smallest absolute Gasteiger partial charge is 0.125 e. The van der Waals surface area contributed by atoms with E-state index < -0.39 is 0 Å². The number of aromatic nitrogens is 2. The predicted octanol–water partition coefficient (Wildman–Crippen LogP) is 3.08. The summed E-state index contributed by atoms with van der Waals surface area (Å²) >= 11 is 5.84. The lowest BCUT2D eigenvalue weighted by Crippen LogP contribution is -2.23. The van der Waals surface area contributed by atoms with Crippen molar-refractivity contribution in [2.75, 3.05) is 26.5 Å². The molecular weight excluding hydrogens is 265 g/mol. The summed E-state index contributed by atoms with van der Waals surface area (Å²) in [5.41, 5.74) is 1.67. The van der Waals surface area contributed by atoms with Gasteiger partial charge in [-0.15, -0.1) is 11.6 Å². The van der Waals surface area contributed by atoms with Crippen molar-refractivity contribution in [3.63, 3.8) is 0 Å². The Labute approximate surface area is 118 Å². The molecule has 1 aromatic heterocycles. The number of aryl methyl sites for hydroxylation is 1. The second kappa shape index (κ2) is 5.88. The van der Waals surface area contributed by atoms with Crippen molar-refractivity contribution in [1.29, 1.82) is 0 Å². The molecule has 0 spiro atoms. The van der Waals surface area contributed by atoms with Gasteiger partial charge in [-0.25, -0.2) is 9.37 Å². The summed E-state index contributed by atoms with van der Waals surface area (Å²) in [5.74, 6) is 1.18. The van der Waals surface area contributed by atoms with Gasteiger partial charge in [0.25, 0.3) is 0 Å². The van der Waals surface area contributed by atoms with Crippen LogP contribution in [0, 0.1) is 5.82 Å². The number of benzene rings is 1. The number of alkyl halides is 1. The van der Waals surface area contributed by atoms with E-state index in [0.717, 1.165) is 17.9 Å². The minimum Gasteiger partial charge on any atom is -0.324 e. The summed E-state index contributed by atoms with van der Waals surface area (Å²) < 4.78 is 15.5.